The van der Waals surface area contributed by atoms with Crippen LogP contribution in [0.1, 0.15) is 24.2 Å². The van der Waals surface area contributed by atoms with Crippen LogP contribution in [0.25, 0.3) is 0 Å². The predicted octanol–water partition coefficient (Wildman–Crippen LogP) is 1.71. The Morgan fingerprint density at radius 1 is 1.40 bits per heavy atom. The lowest BCUT2D eigenvalue weighted by Gasteiger charge is -2.34. The molecular weight excluding hydrogens is 282 g/mol. The standard InChI is InChI=1S/C14H18ClNO4/c1-8(15)14(18)16-6-9-11(19-2)4-5-12(20-3)13(9)10(17)7-16/h4-5,8,10,17H,6-7H2,1-3H3. The van der Waals surface area contributed by atoms with Gasteiger partial charge < -0.3 is 19.5 Å². The first kappa shape index (κ1) is 14.9. The maximum Gasteiger partial charge on any atom is 0.240 e. The minimum absolute atomic E-state index is 0.201. The number of alkyl halides is 1. The molecule has 1 heterocycles. The molecule has 1 aliphatic heterocycles. The van der Waals surface area contributed by atoms with Crippen molar-refractivity contribution >= 4 is 17.5 Å². The number of ether oxygens (including phenoxy) is 2. The van der Waals surface area contributed by atoms with Gasteiger partial charge in [0.15, 0.2) is 0 Å². The zero-order valence-corrected chi connectivity index (χ0v) is 12.5. The van der Waals surface area contributed by atoms with Crippen molar-refractivity contribution in [3.05, 3.63) is 23.3 Å². The van der Waals surface area contributed by atoms with E-state index in [0.717, 1.165) is 5.56 Å². The second-order valence-corrected chi connectivity index (χ2v) is 5.37. The molecule has 1 amide bonds. The molecule has 110 valence electrons. The molecule has 0 spiro atoms. The fourth-order valence-corrected chi connectivity index (χ4v) is 2.63. The lowest BCUT2D eigenvalue weighted by Crippen LogP contribution is -2.41. The van der Waals surface area contributed by atoms with E-state index >= 15 is 0 Å². The summed E-state index contributed by atoms with van der Waals surface area (Å²) in [6.45, 7) is 2.17. The van der Waals surface area contributed by atoms with Crippen molar-refractivity contribution in [2.75, 3.05) is 20.8 Å². The van der Waals surface area contributed by atoms with Gasteiger partial charge in [-0.15, -0.1) is 11.6 Å². The SMILES string of the molecule is COc1ccc(OC)c2c1CN(C(=O)C(C)Cl)CC2O. The molecule has 5 nitrogen and oxygen atoms in total. The highest BCUT2D eigenvalue weighted by molar-refractivity contribution is 6.30. The molecule has 20 heavy (non-hydrogen) atoms. The number of benzene rings is 1. The molecule has 2 unspecified atom stereocenters. The second-order valence-electron chi connectivity index (χ2n) is 4.71. The number of β-amino-alcohol motifs (C(OH)–C–C–N with tert-alkyl or cyclic N) is 1. The van der Waals surface area contributed by atoms with Crippen molar-refractivity contribution in [1.82, 2.24) is 4.90 Å². The zero-order chi connectivity index (χ0) is 14.9. The van der Waals surface area contributed by atoms with Gasteiger partial charge in [-0.1, -0.05) is 0 Å². The Kier molecular flexibility index (Phi) is 4.40. The highest BCUT2D eigenvalue weighted by atomic mass is 35.5. The van der Waals surface area contributed by atoms with Crippen LogP contribution in [0.15, 0.2) is 12.1 Å². The second kappa shape index (κ2) is 5.89. The normalized spacial score (nSPS) is 19.2. The van der Waals surface area contributed by atoms with Gasteiger partial charge in [-0.2, -0.15) is 0 Å². The van der Waals surface area contributed by atoms with Crippen LogP contribution in [0.2, 0.25) is 0 Å². The van der Waals surface area contributed by atoms with Gasteiger partial charge in [0.2, 0.25) is 5.91 Å². The average molecular weight is 300 g/mol. The van der Waals surface area contributed by atoms with Gasteiger partial charge in [-0.05, 0) is 19.1 Å². The van der Waals surface area contributed by atoms with Gasteiger partial charge in [0.05, 0.1) is 20.8 Å². The minimum atomic E-state index is -0.817. The molecule has 6 heteroatoms. The van der Waals surface area contributed by atoms with Crippen molar-refractivity contribution in [3.63, 3.8) is 0 Å². The van der Waals surface area contributed by atoms with Crippen molar-refractivity contribution in [3.8, 4) is 11.5 Å². The Morgan fingerprint density at radius 2 is 2.00 bits per heavy atom. The topological polar surface area (TPSA) is 59.0 Å². The Labute approximate surface area is 123 Å². The van der Waals surface area contributed by atoms with Gasteiger partial charge in [0, 0.05) is 17.7 Å². The van der Waals surface area contributed by atoms with Crippen LogP contribution in [-0.2, 0) is 11.3 Å². The average Bonchev–Trinajstić information content (AvgIpc) is 2.44. The molecule has 1 N–H and O–H groups in total. The number of amides is 1. The van der Waals surface area contributed by atoms with Crippen LogP contribution in [-0.4, -0.2) is 42.1 Å². The highest BCUT2D eigenvalue weighted by Gasteiger charge is 2.32. The van der Waals surface area contributed by atoms with Crippen LogP contribution < -0.4 is 9.47 Å². The van der Waals surface area contributed by atoms with E-state index in [1.54, 1.807) is 33.3 Å². The largest absolute Gasteiger partial charge is 0.496 e. The van der Waals surface area contributed by atoms with E-state index in [1.165, 1.54) is 4.90 Å². The van der Waals surface area contributed by atoms with Crippen molar-refractivity contribution in [1.29, 1.82) is 0 Å². The summed E-state index contributed by atoms with van der Waals surface area (Å²) in [6.07, 6.45) is -0.817. The molecule has 1 aromatic rings. The maximum absolute atomic E-state index is 12.0. The van der Waals surface area contributed by atoms with Gasteiger partial charge in [-0.25, -0.2) is 0 Å². The number of fused-ring (bicyclic) bond motifs is 1. The van der Waals surface area contributed by atoms with Crippen molar-refractivity contribution in [2.24, 2.45) is 0 Å². The Hall–Kier alpha value is -1.46. The highest BCUT2D eigenvalue weighted by Crippen LogP contribution is 2.39. The van der Waals surface area contributed by atoms with Crippen LogP contribution in [0, 0.1) is 0 Å². The zero-order valence-electron chi connectivity index (χ0n) is 11.7. The summed E-state index contributed by atoms with van der Waals surface area (Å²) < 4.78 is 10.6. The van der Waals surface area contributed by atoms with E-state index in [1.807, 2.05) is 0 Å². The first-order valence-corrected chi connectivity index (χ1v) is 6.77. The van der Waals surface area contributed by atoms with Crippen molar-refractivity contribution in [2.45, 2.75) is 24.9 Å². The molecule has 0 bridgehead atoms. The third-order valence-electron chi connectivity index (χ3n) is 3.44. The summed E-state index contributed by atoms with van der Waals surface area (Å²) >= 11 is 5.84. The number of carbonyl (C=O) groups excluding carboxylic acids is 1. The number of halogens is 1. The number of aliphatic hydroxyl groups excluding tert-OH is 1. The van der Waals surface area contributed by atoms with E-state index in [9.17, 15) is 9.90 Å². The van der Waals surface area contributed by atoms with E-state index in [-0.39, 0.29) is 12.5 Å². The van der Waals surface area contributed by atoms with Crippen LogP contribution in [0.4, 0.5) is 0 Å². The minimum Gasteiger partial charge on any atom is -0.496 e. The third kappa shape index (κ3) is 2.55. The predicted molar refractivity (Wildman–Crippen MR) is 75.2 cm³/mol. The molecule has 1 aromatic carbocycles. The summed E-state index contributed by atoms with van der Waals surface area (Å²) in [5.41, 5.74) is 1.44. The number of rotatable bonds is 3. The Morgan fingerprint density at radius 3 is 2.55 bits per heavy atom. The summed E-state index contributed by atoms with van der Waals surface area (Å²) in [6, 6.07) is 3.52. The number of hydrogen-bond donors (Lipinski definition) is 1. The molecule has 0 fully saturated rings. The lowest BCUT2D eigenvalue weighted by atomic mass is 9.95. The molecule has 0 aromatic heterocycles. The van der Waals surface area contributed by atoms with E-state index in [2.05, 4.69) is 0 Å². The molecule has 2 atom stereocenters. The van der Waals surface area contributed by atoms with Gasteiger partial charge in [-0.3, -0.25) is 4.79 Å². The number of methoxy groups -OCH3 is 2. The molecular formula is C14H18ClNO4. The Bertz CT molecular complexity index is 518. The van der Waals surface area contributed by atoms with Crippen LogP contribution in [0.3, 0.4) is 0 Å². The summed E-state index contributed by atoms with van der Waals surface area (Å²) in [4.78, 5) is 13.6. The summed E-state index contributed by atoms with van der Waals surface area (Å²) in [5.74, 6) is 1.01. The lowest BCUT2D eigenvalue weighted by molar-refractivity contribution is -0.133. The maximum atomic E-state index is 12.0. The molecule has 0 aliphatic carbocycles. The van der Waals surface area contributed by atoms with E-state index in [0.29, 0.717) is 23.6 Å². The first-order valence-electron chi connectivity index (χ1n) is 6.34. The number of nitrogens with zero attached hydrogens (tertiary/aromatic N) is 1. The summed E-state index contributed by atoms with van der Waals surface area (Å²) in [5, 5.41) is 9.70. The Balaban J connectivity index is 2.45. The number of carbonyl (C=O) groups is 1. The first-order chi connectivity index (χ1) is 9.49. The number of hydrogen-bond acceptors (Lipinski definition) is 4. The van der Waals surface area contributed by atoms with E-state index < -0.39 is 11.5 Å². The van der Waals surface area contributed by atoms with Crippen LogP contribution in [0.5, 0.6) is 11.5 Å². The van der Waals surface area contributed by atoms with E-state index in [4.69, 9.17) is 21.1 Å². The number of aliphatic hydroxyl groups is 1. The quantitative estimate of drug-likeness (QED) is 0.863. The molecule has 1 aliphatic rings. The smallest absolute Gasteiger partial charge is 0.240 e. The van der Waals surface area contributed by atoms with Gasteiger partial charge in [0.1, 0.15) is 23.0 Å². The molecule has 2 rings (SSSR count). The fourth-order valence-electron chi connectivity index (χ4n) is 2.50. The summed E-state index contributed by atoms with van der Waals surface area (Å²) in [7, 11) is 3.10. The van der Waals surface area contributed by atoms with Gasteiger partial charge in [0.25, 0.3) is 0 Å². The molecule has 0 radical (unpaired) electrons. The fraction of sp³-hybridized carbons (Fsp3) is 0.500. The molecule has 0 saturated carbocycles. The third-order valence-corrected chi connectivity index (χ3v) is 3.63. The monoisotopic (exact) mass is 299 g/mol. The molecule has 0 saturated heterocycles. The van der Waals surface area contributed by atoms with Gasteiger partial charge >= 0.3 is 0 Å². The van der Waals surface area contributed by atoms with Crippen molar-refractivity contribution < 1.29 is 19.4 Å². The van der Waals surface area contributed by atoms with Crippen LogP contribution >= 0.6 is 11.6 Å².